The van der Waals surface area contributed by atoms with Gasteiger partial charge >= 0.3 is 0 Å². The van der Waals surface area contributed by atoms with Crippen molar-refractivity contribution in [3.8, 4) is 0 Å². The summed E-state index contributed by atoms with van der Waals surface area (Å²) in [4.78, 5) is 0. The van der Waals surface area contributed by atoms with Gasteiger partial charge in [-0.05, 0) is 26.7 Å². The molecule has 0 aromatic heterocycles. The molecule has 2 atom stereocenters. The lowest BCUT2D eigenvalue weighted by Crippen LogP contribution is -2.52. The number of nitrogens with two attached hydrogens (primary N) is 1. The molecule has 0 fully saturated rings. The normalized spacial score (nSPS) is 17.8. The third kappa shape index (κ3) is 5.61. The van der Waals surface area contributed by atoms with Gasteiger partial charge in [-0.3, -0.25) is 0 Å². The molecule has 14 heavy (non-hydrogen) atoms. The van der Waals surface area contributed by atoms with Gasteiger partial charge in [-0.15, -0.1) is 0 Å². The van der Waals surface area contributed by atoms with Crippen molar-refractivity contribution in [2.45, 2.75) is 71.4 Å². The van der Waals surface area contributed by atoms with Crippen LogP contribution in [0.2, 0.25) is 0 Å². The molecule has 3 N–H and O–H groups in total. The van der Waals surface area contributed by atoms with Crippen LogP contribution in [0.15, 0.2) is 0 Å². The van der Waals surface area contributed by atoms with Gasteiger partial charge in [0.1, 0.15) is 0 Å². The van der Waals surface area contributed by atoms with E-state index in [1.807, 2.05) is 0 Å². The van der Waals surface area contributed by atoms with Gasteiger partial charge in [-0.25, -0.2) is 0 Å². The zero-order chi connectivity index (χ0) is 11.0. The van der Waals surface area contributed by atoms with Crippen LogP contribution in [-0.2, 0) is 0 Å². The molecule has 0 aromatic rings. The number of rotatable bonds is 8. The smallest absolute Gasteiger partial charge is 0.0278 e. The lowest BCUT2D eigenvalue weighted by Gasteiger charge is -2.32. The zero-order valence-electron chi connectivity index (χ0n) is 10.4. The first-order chi connectivity index (χ1) is 6.58. The first-order valence-corrected chi connectivity index (χ1v) is 6.05. The first-order valence-electron chi connectivity index (χ1n) is 6.05. The van der Waals surface area contributed by atoms with Gasteiger partial charge in [-0.2, -0.15) is 0 Å². The molecule has 2 heteroatoms. The Bertz CT molecular complexity index is 136. The van der Waals surface area contributed by atoms with Crippen LogP contribution in [0.4, 0.5) is 0 Å². The van der Waals surface area contributed by atoms with Crippen LogP contribution in [0.5, 0.6) is 0 Å². The predicted octanol–water partition coefficient (Wildman–Crippen LogP) is 2.67. The van der Waals surface area contributed by atoms with Gasteiger partial charge in [0.05, 0.1) is 0 Å². The maximum atomic E-state index is 5.83. The summed E-state index contributed by atoms with van der Waals surface area (Å²) in [7, 11) is 0. The highest BCUT2D eigenvalue weighted by molar-refractivity contribution is 4.86. The Balaban J connectivity index is 3.90. The van der Waals surface area contributed by atoms with Gasteiger partial charge in [0.2, 0.25) is 0 Å². The Morgan fingerprint density at radius 1 is 1.29 bits per heavy atom. The van der Waals surface area contributed by atoms with E-state index in [0.29, 0.717) is 6.04 Å². The monoisotopic (exact) mass is 200 g/mol. The number of hydrogen-bond acceptors (Lipinski definition) is 2. The van der Waals surface area contributed by atoms with E-state index in [1.165, 1.54) is 32.1 Å². The largest absolute Gasteiger partial charge is 0.329 e. The van der Waals surface area contributed by atoms with Crippen LogP contribution in [0.3, 0.4) is 0 Å². The van der Waals surface area contributed by atoms with Crippen molar-refractivity contribution in [3.63, 3.8) is 0 Å². The summed E-state index contributed by atoms with van der Waals surface area (Å²) in [5.74, 6) is 0. The van der Waals surface area contributed by atoms with Crippen molar-refractivity contribution in [1.29, 1.82) is 0 Å². The highest BCUT2D eigenvalue weighted by Gasteiger charge is 2.22. The molecule has 0 spiro atoms. The van der Waals surface area contributed by atoms with E-state index in [1.54, 1.807) is 0 Å². The second-order valence-corrected chi connectivity index (χ2v) is 4.68. The number of unbranched alkanes of at least 4 members (excludes halogenated alkanes) is 2. The number of hydrogen-bond donors (Lipinski definition) is 2. The van der Waals surface area contributed by atoms with Crippen LogP contribution >= 0.6 is 0 Å². The van der Waals surface area contributed by atoms with Crippen molar-refractivity contribution in [3.05, 3.63) is 0 Å². The Labute approximate surface area is 89.6 Å². The summed E-state index contributed by atoms with van der Waals surface area (Å²) in [6.07, 6.45) is 6.25. The molecule has 0 aromatic carbocycles. The summed E-state index contributed by atoms with van der Waals surface area (Å²) in [6.45, 7) is 9.66. The predicted molar refractivity (Wildman–Crippen MR) is 64.5 cm³/mol. The highest BCUT2D eigenvalue weighted by Crippen LogP contribution is 2.14. The minimum Gasteiger partial charge on any atom is -0.329 e. The molecule has 0 aliphatic heterocycles. The molecule has 0 saturated heterocycles. The third-order valence-corrected chi connectivity index (χ3v) is 2.99. The molecule has 2 unspecified atom stereocenters. The van der Waals surface area contributed by atoms with E-state index in [4.69, 9.17) is 5.73 Å². The Hall–Kier alpha value is -0.0800. The van der Waals surface area contributed by atoms with E-state index in [0.717, 1.165) is 6.54 Å². The Morgan fingerprint density at radius 3 is 2.36 bits per heavy atom. The topological polar surface area (TPSA) is 38.0 Å². The van der Waals surface area contributed by atoms with Crippen LogP contribution in [0.1, 0.15) is 59.8 Å². The molecule has 2 nitrogen and oxygen atoms in total. The lowest BCUT2D eigenvalue weighted by atomic mass is 9.93. The van der Waals surface area contributed by atoms with Crippen LogP contribution in [0.25, 0.3) is 0 Å². The molecule has 86 valence electrons. The fourth-order valence-corrected chi connectivity index (χ4v) is 1.70. The van der Waals surface area contributed by atoms with Crippen molar-refractivity contribution in [1.82, 2.24) is 5.32 Å². The molecule has 0 amide bonds. The summed E-state index contributed by atoms with van der Waals surface area (Å²) in [5, 5.41) is 3.63. The van der Waals surface area contributed by atoms with Gasteiger partial charge in [0.15, 0.2) is 0 Å². The van der Waals surface area contributed by atoms with Gasteiger partial charge in [0.25, 0.3) is 0 Å². The fourth-order valence-electron chi connectivity index (χ4n) is 1.70. The molecule has 0 aliphatic carbocycles. The second-order valence-electron chi connectivity index (χ2n) is 4.68. The van der Waals surface area contributed by atoms with Gasteiger partial charge < -0.3 is 11.1 Å². The van der Waals surface area contributed by atoms with E-state index in [-0.39, 0.29) is 5.54 Å². The maximum Gasteiger partial charge on any atom is 0.0278 e. The molecule has 0 radical (unpaired) electrons. The van der Waals surface area contributed by atoms with E-state index in [2.05, 4.69) is 33.0 Å². The van der Waals surface area contributed by atoms with Crippen molar-refractivity contribution in [2.24, 2.45) is 5.73 Å². The molecular formula is C12H28N2. The lowest BCUT2D eigenvalue weighted by molar-refractivity contribution is 0.292. The third-order valence-electron chi connectivity index (χ3n) is 2.99. The minimum atomic E-state index is 0.143. The average molecular weight is 200 g/mol. The van der Waals surface area contributed by atoms with Crippen LogP contribution < -0.4 is 11.1 Å². The molecule has 0 heterocycles. The van der Waals surface area contributed by atoms with Crippen LogP contribution in [-0.4, -0.2) is 18.1 Å². The van der Waals surface area contributed by atoms with Gasteiger partial charge in [-0.1, -0.05) is 33.1 Å². The van der Waals surface area contributed by atoms with Crippen molar-refractivity contribution >= 4 is 0 Å². The molecule has 0 rings (SSSR count). The van der Waals surface area contributed by atoms with Gasteiger partial charge in [0, 0.05) is 18.1 Å². The molecular weight excluding hydrogens is 172 g/mol. The van der Waals surface area contributed by atoms with E-state index >= 15 is 0 Å². The average Bonchev–Trinajstić information content (AvgIpc) is 2.18. The quantitative estimate of drug-likeness (QED) is 0.591. The van der Waals surface area contributed by atoms with Crippen molar-refractivity contribution < 1.29 is 0 Å². The Morgan fingerprint density at radius 2 is 1.93 bits per heavy atom. The number of nitrogens with one attached hydrogen (secondary N) is 1. The van der Waals surface area contributed by atoms with Crippen LogP contribution in [0, 0.1) is 0 Å². The Kier molecular flexibility index (Phi) is 7.20. The first kappa shape index (κ1) is 13.9. The standard InChI is InChI=1S/C12H28N2/c1-5-7-8-9-12(4,10-13)14-11(3)6-2/h11,14H,5-10,13H2,1-4H3. The van der Waals surface area contributed by atoms with E-state index < -0.39 is 0 Å². The highest BCUT2D eigenvalue weighted by atomic mass is 15.0. The van der Waals surface area contributed by atoms with Crippen molar-refractivity contribution in [2.75, 3.05) is 6.54 Å². The summed E-state index contributed by atoms with van der Waals surface area (Å²) < 4.78 is 0. The molecule has 0 bridgehead atoms. The maximum absolute atomic E-state index is 5.83. The van der Waals surface area contributed by atoms with E-state index in [9.17, 15) is 0 Å². The molecule has 0 aliphatic rings. The zero-order valence-corrected chi connectivity index (χ0v) is 10.4. The SMILES string of the molecule is CCCCCC(C)(CN)NC(C)CC. The molecule has 0 saturated carbocycles. The minimum absolute atomic E-state index is 0.143. The summed E-state index contributed by atoms with van der Waals surface area (Å²) >= 11 is 0. The summed E-state index contributed by atoms with van der Waals surface area (Å²) in [5.41, 5.74) is 5.97. The summed E-state index contributed by atoms with van der Waals surface area (Å²) in [6, 6.07) is 0.574. The second kappa shape index (κ2) is 7.24. The fraction of sp³-hybridized carbons (Fsp3) is 1.00.